The molecule has 1 fully saturated rings. The molecule has 150 valence electrons. The van der Waals surface area contributed by atoms with Gasteiger partial charge in [0.2, 0.25) is 5.91 Å². The van der Waals surface area contributed by atoms with Crippen molar-refractivity contribution in [2.75, 3.05) is 19.6 Å². The van der Waals surface area contributed by atoms with Gasteiger partial charge in [-0.2, -0.15) is 0 Å². The third-order valence-corrected chi connectivity index (χ3v) is 6.51. The SMILES string of the molecule is O=C1NC(CC(=O)N2C[C@@H](O)[C@H](N3CCc4ccccc4C3)C2)c2ccccc21. The topological polar surface area (TPSA) is 72.9 Å². The summed E-state index contributed by atoms with van der Waals surface area (Å²) < 4.78 is 0. The largest absolute Gasteiger partial charge is 0.390 e. The summed E-state index contributed by atoms with van der Waals surface area (Å²) in [7, 11) is 0. The minimum Gasteiger partial charge on any atom is -0.390 e. The summed E-state index contributed by atoms with van der Waals surface area (Å²) in [5, 5.41) is 13.6. The van der Waals surface area contributed by atoms with Crippen LogP contribution in [0.2, 0.25) is 0 Å². The number of amides is 2. The van der Waals surface area contributed by atoms with Crippen LogP contribution in [0.15, 0.2) is 48.5 Å². The van der Waals surface area contributed by atoms with E-state index < -0.39 is 6.10 Å². The first-order valence-corrected chi connectivity index (χ1v) is 10.3. The van der Waals surface area contributed by atoms with E-state index in [0.29, 0.717) is 18.7 Å². The lowest BCUT2D eigenvalue weighted by molar-refractivity contribution is -0.131. The Morgan fingerprint density at radius 3 is 2.69 bits per heavy atom. The number of aliphatic hydroxyl groups excluding tert-OH is 1. The maximum atomic E-state index is 12.9. The van der Waals surface area contributed by atoms with Gasteiger partial charge in [0, 0.05) is 31.7 Å². The van der Waals surface area contributed by atoms with Crippen LogP contribution in [0.1, 0.15) is 39.5 Å². The van der Waals surface area contributed by atoms with Crippen LogP contribution in [0.5, 0.6) is 0 Å². The highest BCUT2D eigenvalue weighted by Gasteiger charge is 2.40. The van der Waals surface area contributed by atoms with E-state index in [0.717, 1.165) is 25.1 Å². The minimum absolute atomic E-state index is 0.0223. The monoisotopic (exact) mass is 391 g/mol. The van der Waals surface area contributed by atoms with E-state index in [-0.39, 0.29) is 30.3 Å². The zero-order valence-corrected chi connectivity index (χ0v) is 16.3. The Bertz CT molecular complexity index is 960. The van der Waals surface area contributed by atoms with Crippen LogP contribution in [0.4, 0.5) is 0 Å². The number of rotatable bonds is 3. The van der Waals surface area contributed by atoms with Crippen molar-refractivity contribution in [1.82, 2.24) is 15.1 Å². The molecule has 3 heterocycles. The number of nitrogens with one attached hydrogen (secondary N) is 1. The number of nitrogens with zero attached hydrogens (tertiary/aromatic N) is 2. The van der Waals surface area contributed by atoms with E-state index in [1.807, 2.05) is 18.2 Å². The molecule has 5 rings (SSSR count). The van der Waals surface area contributed by atoms with Gasteiger partial charge in [-0.3, -0.25) is 14.5 Å². The Hall–Kier alpha value is -2.70. The quantitative estimate of drug-likeness (QED) is 0.832. The Labute approximate surface area is 170 Å². The van der Waals surface area contributed by atoms with Crippen LogP contribution in [-0.4, -0.2) is 58.5 Å². The van der Waals surface area contributed by atoms with Crippen molar-refractivity contribution < 1.29 is 14.7 Å². The second kappa shape index (κ2) is 7.28. The highest BCUT2D eigenvalue weighted by atomic mass is 16.3. The molecular formula is C23H25N3O3. The molecule has 2 aromatic carbocycles. The highest BCUT2D eigenvalue weighted by molar-refractivity contribution is 5.99. The number of carbonyl (C=O) groups is 2. The van der Waals surface area contributed by atoms with Gasteiger partial charge in [0.25, 0.3) is 5.91 Å². The van der Waals surface area contributed by atoms with Crippen LogP contribution in [0.3, 0.4) is 0 Å². The zero-order chi connectivity index (χ0) is 20.0. The molecule has 0 spiro atoms. The molecule has 3 aliphatic heterocycles. The molecule has 2 aromatic rings. The molecular weight excluding hydrogens is 366 g/mol. The lowest BCUT2D eigenvalue weighted by atomic mass is 9.98. The third kappa shape index (κ3) is 3.32. The van der Waals surface area contributed by atoms with E-state index in [4.69, 9.17) is 0 Å². The number of carbonyl (C=O) groups excluding carboxylic acids is 2. The molecule has 0 aromatic heterocycles. The van der Waals surface area contributed by atoms with Crippen LogP contribution in [-0.2, 0) is 17.8 Å². The molecule has 0 aliphatic carbocycles. The number of benzene rings is 2. The summed E-state index contributed by atoms with van der Waals surface area (Å²) in [6.45, 7) is 2.59. The predicted molar refractivity (Wildman–Crippen MR) is 108 cm³/mol. The molecule has 29 heavy (non-hydrogen) atoms. The fourth-order valence-corrected chi connectivity index (χ4v) is 4.92. The molecule has 1 saturated heterocycles. The molecule has 6 nitrogen and oxygen atoms in total. The van der Waals surface area contributed by atoms with Gasteiger partial charge in [-0.05, 0) is 29.2 Å². The van der Waals surface area contributed by atoms with E-state index in [9.17, 15) is 14.7 Å². The summed E-state index contributed by atoms with van der Waals surface area (Å²) in [5.74, 6) is -0.143. The molecule has 0 radical (unpaired) electrons. The van der Waals surface area contributed by atoms with Gasteiger partial charge in [0.15, 0.2) is 0 Å². The third-order valence-electron chi connectivity index (χ3n) is 6.51. The zero-order valence-electron chi connectivity index (χ0n) is 16.3. The smallest absolute Gasteiger partial charge is 0.252 e. The lowest BCUT2D eigenvalue weighted by Crippen LogP contribution is -2.45. The van der Waals surface area contributed by atoms with Crippen molar-refractivity contribution in [2.24, 2.45) is 0 Å². The number of aliphatic hydroxyl groups is 1. The van der Waals surface area contributed by atoms with Gasteiger partial charge in [-0.25, -0.2) is 0 Å². The second-order valence-corrected chi connectivity index (χ2v) is 8.24. The van der Waals surface area contributed by atoms with E-state index in [1.54, 1.807) is 11.0 Å². The lowest BCUT2D eigenvalue weighted by Gasteiger charge is -2.34. The highest BCUT2D eigenvalue weighted by Crippen LogP contribution is 2.30. The fourth-order valence-electron chi connectivity index (χ4n) is 4.92. The average molecular weight is 391 g/mol. The van der Waals surface area contributed by atoms with Crippen molar-refractivity contribution in [2.45, 2.75) is 37.6 Å². The van der Waals surface area contributed by atoms with Gasteiger partial charge in [0.05, 0.1) is 24.6 Å². The molecule has 0 bridgehead atoms. The van der Waals surface area contributed by atoms with E-state index >= 15 is 0 Å². The van der Waals surface area contributed by atoms with Gasteiger partial charge in [0.1, 0.15) is 0 Å². The Kier molecular flexibility index (Phi) is 4.60. The van der Waals surface area contributed by atoms with E-state index in [2.05, 4.69) is 34.5 Å². The van der Waals surface area contributed by atoms with E-state index in [1.165, 1.54) is 11.1 Å². The van der Waals surface area contributed by atoms with Crippen molar-refractivity contribution >= 4 is 11.8 Å². The standard InChI is InChI=1S/C23H25N3O3/c27-21-14-26(13-20(21)25-10-9-15-5-1-2-6-16(15)12-25)22(28)11-19-17-7-3-4-8-18(17)23(29)24-19/h1-8,19-21,27H,9-14H2,(H,24,29)/t19?,20-,21-/m1/s1. The van der Waals surface area contributed by atoms with Crippen molar-refractivity contribution in [3.63, 3.8) is 0 Å². The van der Waals surface area contributed by atoms with Gasteiger partial charge < -0.3 is 15.3 Å². The first kappa shape index (κ1) is 18.3. The summed E-state index contributed by atoms with van der Waals surface area (Å²) in [4.78, 5) is 29.1. The molecule has 2 N–H and O–H groups in total. The number of hydrogen-bond acceptors (Lipinski definition) is 4. The van der Waals surface area contributed by atoms with Gasteiger partial charge >= 0.3 is 0 Å². The maximum absolute atomic E-state index is 12.9. The normalized spacial score (nSPS) is 26.2. The van der Waals surface area contributed by atoms with Crippen molar-refractivity contribution in [3.8, 4) is 0 Å². The number of fused-ring (bicyclic) bond motifs is 2. The van der Waals surface area contributed by atoms with Crippen LogP contribution in [0, 0.1) is 0 Å². The fraction of sp³-hybridized carbons (Fsp3) is 0.391. The van der Waals surface area contributed by atoms with Gasteiger partial charge in [-0.1, -0.05) is 42.5 Å². The van der Waals surface area contributed by atoms with Crippen molar-refractivity contribution in [3.05, 3.63) is 70.8 Å². The first-order valence-electron chi connectivity index (χ1n) is 10.3. The molecule has 6 heteroatoms. The maximum Gasteiger partial charge on any atom is 0.252 e. The van der Waals surface area contributed by atoms with Crippen LogP contribution >= 0.6 is 0 Å². The molecule has 3 aliphatic rings. The van der Waals surface area contributed by atoms with Crippen LogP contribution in [0.25, 0.3) is 0 Å². The summed E-state index contributed by atoms with van der Waals surface area (Å²) in [6.07, 6.45) is 0.651. The predicted octanol–water partition coefficient (Wildman–Crippen LogP) is 1.49. The summed E-state index contributed by atoms with van der Waals surface area (Å²) in [6, 6.07) is 15.5. The van der Waals surface area contributed by atoms with Crippen LogP contribution < -0.4 is 5.32 Å². The summed E-state index contributed by atoms with van der Waals surface area (Å²) in [5.41, 5.74) is 4.22. The number of likely N-dealkylation sites (tertiary alicyclic amines) is 1. The first-order chi connectivity index (χ1) is 14.1. The van der Waals surface area contributed by atoms with Crippen molar-refractivity contribution in [1.29, 1.82) is 0 Å². The number of hydrogen-bond donors (Lipinski definition) is 2. The van der Waals surface area contributed by atoms with Gasteiger partial charge in [-0.15, -0.1) is 0 Å². The minimum atomic E-state index is -0.547. The number of β-amino-alcohol motifs (C(OH)–C–C–N with tert-alkyl or cyclic N) is 1. The Morgan fingerprint density at radius 1 is 1.07 bits per heavy atom. The Morgan fingerprint density at radius 2 is 1.83 bits per heavy atom. The molecule has 3 atom stereocenters. The summed E-state index contributed by atoms with van der Waals surface area (Å²) >= 11 is 0. The Balaban J connectivity index is 1.25. The second-order valence-electron chi connectivity index (χ2n) is 8.24. The average Bonchev–Trinajstić information content (AvgIpc) is 3.28. The molecule has 2 amide bonds. The molecule has 0 saturated carbocycles. The molecule has 1 unspecified atom stereocenters.